The van der Waals surface area contributed by atoms with Crippen LogP contribution in [0.3, 0.4) is 0 Å². The first-order chi connectivity index (χ1) is 7.86. The molecule has 0 fully saturated rings. The number of rotatable bonds is 1. The van der Waals surface area contributed by atoms with E-state index in [1.807, 2.05) is 29.0 Å². The summed E-state index contributed by atoms with van der Waals surface area (Å²) < 4.78 is 3.02. The van der Waals surface area contributed by atoms with Gasteiger partial charge in [-0.3, -0.25) is 4.57 Å². The standard InChI is InChI=1S/C12H8BrN3/c13-10-4-1-3-9-5-8-16(11(9)10)12-14-6-2-7-15-12/h1-8H. The highest BCUT2D eigenvalue weighted by Gasteiger charge is 2.07. The van der Waals surface area contributed by atoms with Gasteiger partial charge in [0.2, 0.25) is 5.95 Å². The number of hydrogen-bond donors (Lipinski definition) is 0. The quantitative estimate of drug-likeness (QED) is 0.682. The Labute approximate surface area is 101 Å². The normalized spacial score (nSPS) is 10.8. The summed E-state index contributed by atoms with van der Waals surface area (Å²) in [6.45, 7) is 0. The maximum Gasteiger partial charge on any atom is 0.234 e. The molecule has 0 N–H and O–H groups in total. The van der Waals surface area contributed by atoms with E-state index in [2.05, 4.69) is 38.0 Å². The molecular formula is C12H8BrN3. The smallest absolute Gasteiger partial charge is 0.234 e. The van der Waals surface area contributed by atoms with Crippen molar-refractivity contribution in [3.8, 4) is 5.95 Å². The Morgan fingerprint density at radius 2 is 1.81 bits per heavy atom. The fourth-order valence-corrected chi connectivity index (χ4v) is 2.30. The average molecular weight is 274 g/mol. The summed E-state index contributed by atoms with van der Waals surface area (Å²) in [6.07, 6.45) is 5.46. The molecule has 0 aliphatic carbocycles. The zero-order chi connectivity index (χ0) is 11.0. The van der Waals surface area contributed by atoms with Crippen LogP contribution in [0.4, 0.5) is 0 Å². The van der Waals surface area contributed by atoms with E-state index >= 15 is 0 Å². The minimum atomic E-state index is 0.685. The van der Waals surface area contributed by atoms with Crippen LogP contribution in [0.25, 0.3) is 16.9 Å². The van der Waals surface area contributed by atoms with Crippen molar-refractivity contribution in [1.82, 2.24) is 14.5 Å². The molecule has 0 atom stereocenters. The number of benzene rings is 1. The predicted molar refractivity (Wildman–Crippen MR) is 66.6 cm³/mol. The zero-order valence-corrected chi connectivity index (χ0v) is 9.92. The van der Waals surface area contributed by atoms with Crippen LogP contribution in [0.2, 0.25) is 0 Å². The van der Waals surface area contributed by atoms with Gasteiger partial charge in [-0.15, -0.1) is 0 Å². The molecule has 0 saturated carbocycles. The maximum atomic E-state index is 4.24. The van der Waals surface area contributed by atoms with E-state index in [1.165, 1.54) is 5.39 Å². The second kappa shape index (κ2) is 3.72. The third-order valence-corrected chi connectivity index (χ3v) is 3.07. The highest BCUT2D eigenvalue weighted by Crippen LogP contribution is 2.26. The molecule has 0 aliphatic heterocycles. The van der Waals surface area contributed by atoms with Gasteiger partial charge in [-0.1, -0.05) is 12.1 Å². The lowest BCUT2D eigenvalue weighted by atomic mass is 10.2. The van der Waals surface area contributed by atoms with Crippen LogP contribution in [0.15, 0.2) is 53.4 Å². The second-order valence-corrected chi connectivity index (χ2v) is 4.27. The molecule has 0 amide bonds. The van der Waals surface area contributed by atoms with E-state index in [9.17, 15) is 0 Å². The van der Waals surface area contributed by atoms with Crippen molar-refractivity contribution in [1.29, 1.82) is 0 Å². The topological polar surface area (TPSA) is 30.7 Å². The highest BCUT2D eigenvalue weighted by atomic mass is 79.9. The number of nitrogens with zero attached hydrogens (tertiary/aromatic N) is 3. The first-order valence-electron chi connectivity index (χ1n) is 4.89. The van der Waals surface area contributed by atoms with Crippen LogP contribution in [0.1, 0.15) is 0 Å². The Bertz CT molecular complexity index is 631. The molecule has 0 unspecified atom stereocenters. The number of hydrogen-bond acceptors (Lipinski definition) is 2. The van der Waals surface area contributed by atoms with Gasteiger partial charge < -0.3 is 0 Å². The average Bonchev–Trinajstić information content (AvgIpc) is 2.75. The van der Waals surface area contributed by atoms with Gasteiger partial charge in [0.15, 0.2) is 0 Å². The van der Waals surface area contributed by atoms with Crippen LogP contribution in [0.5, 0.6) is 0 Å². The summed E-state index contributed by atoms with van der Waals surface area (Å²) in [7, 11) is 0. The van der Waals surface area contributed by atoms with Crippen molar-refractivity contribution in [2.75, 3.05) is 0 Å². The van der Waals surface area contributed by atoms with E-state index in [0.29, 0.717) is 5.95 Å². The van der Waals surface area contributed by atoms with Crippen molar-refractivity contribution >= 4 is 26.8 Å². The van der Waals surface area contributed by atoms with Gasteiger partial charge in [0.25, 0.3) is 0 Å². The molecule has 0 aliphatic rings. The van der Waals surface area contributed by atoms with E-state index in [4.69, 9.17) is 0 Å². The summed E-state index contributed by atoms with van der Waals surface area (Å²) in [6, 6.07) is 9.96. The monoisotopic (exact) mass is 273 g/mol. The lowest BCUT2D eigenvalue weighted by Gasteiger charge is -2.03. The third-order valence-electron chi connectivity index (χ3n) is 2.43. The van der Waals surface area contributed by atoms with Crippen LogP contribution in [0, 0.1) is 0 Å². The van der Waals surface area contributed by atoms with Gasteiger partial charge in [-0.25, -0.2) is 9.97 Å². The van der Waals surface area contributed by atoms with Crippen molar-refractivity contribution in [2.24, 2.45) is 0 Å². The lowest BCUT2D eigenvalue weighted by Crippen LogP contribution is -1.98. The largest absolute Gasteiger partial charge is 0.284 e. The second-order valence-electron chi connectivity index (χ2n) is 3.41. The molecule has 0 saturated heterocycles. The molecule has 4 heteroatoms. The van der Waals surface area contributed by atoms with Crippen LogP contribution in [-0.4, -0.2) is 14.5 Å². The van der Waals surface area contributed by atoms with E-state index < -0.39 is 0 Å². The van der Waals surface area contributed by atoms with Crippen molar-refractivity contribution in [3.63, 3.8) is 0 Å². The molecule has 2 aromatic heterocycles. The molecule has 3 nitrogen and oxygen atoms in total. The summed E-state index contributed by atoms with van der Waals surface area (Å²) in [5, 5.41) is 1.17. The molecule has 0 radical (unpaired) electrons. The number of para-hydroxylation sites is 1. The molecule has 78 valence electrons. The summed E-state index contributed by atoms with van der Waals surface area (Å²) in [5.41, 5.74) is 1.09. The molecule has 2 heterocycles. The molecule has 0 spiro atoms. The van der Waals surface area contributed by atoms with Gasteiger partial charge in [0.1, 0.15) is 0 Å². The van der Waals surface area contributed by atoms with E-state index in [1.54, 1.807) is 12.4 Å². The molecule has 1 aromatic carbocycles. The molecule has 3 rings (SSSR count). The Morgan fingerprint density at radius 3 is 2.62 bits per heavy atom. The number of aromatic nitrogens is 3. The number of fused-ring (bicyclic) bond motifs is 1. The van der Waals surface area contributed by atoms with Gasteiger partial charge in [-0.05, 0) is 34.1 Å². The van der Waals surface area contributed by atoms with Crippen LogP contribution < -0.4 is 0 Å². The molecule has 3 aromatic rings. The van der Waals surface area contributed by atoms with E-state index in [-0.39, 0.29) is 0 Å². The third kappa shape index (κ3) is 1.42. The zero-order valence-electron chi connectivity index (χ0n) is 8.34. The van der Waals surface area contributed by atoms with Gasteiger partial charge in [0.05, 0.1) is 5.52 Å². The first kappa shape index (κ1) is 9.54. The molecule has 0 bridgehead atoms. The Morgan fingerprint density at radius 1 is 1.00 bits per heavy atom. The summed E-state index contributed by atoms with van der Waals surface area (Å²) in [4.78, 5) is 8.49. The number of halogens is 1. The maximum absolute atomic E-state index is 4.24. The Balaban J connectivity index is 2.33. The minimum absolute atomic E-state index is 0.685. The Hall–Kier alpha value is -1.68. The van der Waals surface area contributed by atoms with E-state index in [0.717, 1.165) is 9.99 Å². The first-order valence-corrected chi connectivity index (χ1v) is 5.68. The van der Waals surface area contributed by atoms with Gasteiger partial charge in [-0.2, -0.15) is 0 Å². The van der Waals surface area contributed by atoms with Crippen molar-refractivity contribution in [3.05, 3.63) is 53.4 Å². The SMILES string of the molecule is Brc1cccc2ccn(-c3ncccn3)c12. The fourth-order valence-electron chi connectivity index (χ4n) is 1.73. The fraction of sp³-hybridized carbons (Fsp3) is 0. The Kier molecular flexibility index (Phi) is 2.22. The van der Waals surface area contributed by atoms with Crippen LogP contribution in [-0.2, 0) is 0 Å². The van der Waals surface area contributed by atoms with Crippen LogP contribution >= 0.6 is 15.9 Å². The summed E-state index contributed by atoms with van der Waals surface area (Å²) >= 11 is 3.55. The van der Waals surface area contributed by atoms with Crippen molar-refractivity contribution < 1.29 is 0 Å². The lowest BCUT2D eigenvalue weighted by molar-refractivity contribution is 0.960. The van der Waals surface area contributed by atoms with Gasteiger partial charge >= 0.3 is 0 Å². The highest BCUT2D eigenvalue weighted by molar-refractivity contribution is 9.10. The minimum Gasteiger partial charge on any atom is -0.284 e. The molecular weight excluding hydrogens is 266 g/mol. The predicted octanol–water partition coefficient (Wildman–Crippen LogP) is 3.18. The van der Waals surface area contributed by atoms with Gasteiger partial charge in [0, 0.05) is 28.4 Å². The molecule has 16 heavy (non-hydrogen) atoms. The van der Waals surface area contributed by atoms with Crippen molar-refractivity contribution in [2.45, 2.75) is 0 Å². The summed E-state index contributed by atoms with van der Waals surface area (Å²) in [5.74, 6) is 0.685.